The molecule has 0 bridgehead atoms. The lowest BCUT2D eigenvalue weighted by Gasteiger charge is -2.13. The largest absolute Gasteiger partial charge is 0.376 e. The molecule has 0 spiro atoms. The van der Waals surface area contributed by atoms with Crippen LogP contribution in [0.3, 0.4) is 0 Å². The van der Waals surface area contributed by atoms with Crippen molar-refractivity contribution in [3.63, 3.8) is 0 Å². The standard InChI is InChI=1S/C9H19N3O/c1-6(2)11-9(10)12-8-4-5-13-7(8)3/h6-8H,4-5H2,1-3H3,(H3,10,11,12). The first-order valence-corrected chi connectivity index (χ1v) is 4.81. The van der Waals surface area contributed by atoms with Gasteiger partial charge in [-0.05, 0) is 27.2 Å². The highest BCUT2D eigenvalue weighted by atomic mass is 16.5. The Labute approximate surface area is 79.6 Å². The van der Waals surface area contributed by atoms with E-state index in [-0.39, 0.29) is 12.1 Å². The van der Waals surface area contributed by atoms with Crippen molar-refractivity contribution in [2.75, 3.05) is 6.61 Å². The average molecular weight is 185 g/mol. The molecule has 3 N–H and O–H groups in total. The molecule has 0 aromatic heterocycles. The van der Waals surface area contributed by atoms with Crippen LogP contribution in [0.15, 0.2) is 4.99 Å². The number of rotatable bonds is 2. The first-order chi connectivity index (χ1) is 6.09. The molecule has 76 valence electrons. The second-order valence-electron chi connectivity index (χ2n) is 3.75. The van der Waals surface area contributed by atoms with E-state index >= 15 is 0 Å². The average Bonchev–Trinajstić information content (AvgIpc) is 2.34. The molecule has 2 unspecified atom stereocenters. The predicted octanol–water partition coefficient (Wildman–Crippen LogP) is 0.476. The summed E-state index contributed by atoms with van der Waals surface area (Å²) in [5.41, 5.74) is 5.70. The number of nitrogens with one attached hydrogen (secondary N) is 1. The second-order valence-corrected chi connectivity index (χ2v) is 3.75. The van der Waals surface area contributed by atoms with E-state index in [2.05, 4.69) is 10.3 Å². The Morgan fingerprint density at radius 2 is 2.31 bits per heavy atom. The fourth-order valence-corrected chi connectivity index (χ4v) is 1.40. The van der Waals surface area contributed by atoms with Crippen LogP contribution >= 0.6 is 0 Å². The Balaban J connectivity index is 2.44. The summed E-state index contributed by atoms with van der Waals surface area (Å²) in [6, 6.07) is 0.563. The topological polar surface area (TPSA) is 59.6 Å². The van der Waals surface area contributed by atoms with E-state index in [0.29, 0.717) is 12.0 Å². The van der Waals surface area contributed by atoms with Crippen LogP contribution in [0.2, 0.25) is 0 Å². The van der Waals surface area contributed by atoms with Crippen molar-refractivity contribution in [1.82, 2.24) is 5.32 Å². The van der Waals surface area contributed by atoms with Crippen molar-refractivity contribution in [1.29, 1.82) is 0 Å². The van der Waals surface area contributed by atoms with Crippen LogP contribution in [0.4, 0.5) is 0 Å². The van der Waals surface area contributed by atoms with Gasteiger partial charge in [-0.15, -0.1) is 0 Å². The first kappa shape index (κ1) is 10.3. The zero-order valence-electron chi connectivity index (χ0n) is 8.58. The van der Waals surface area contributed by atoms with E-state index in [1.165, 1.54) is 0 Å². The van der Waals surface area contributed by atoms with E-state index in [1.807, 2.05) is 20.8 Å². The molecule has 1 heterocycles. The van der Waals surface area contributed by atoms with Gasteiger partial charge in [-0.1, -0.05) is 0 Å². The summed E-state index contributed by atoms with van der Waals surface area (Å²) >= 11 is 0. The molecule has 2 atom stereocenters. The molecule has 0 radical (unpaired) electrons. The zero-order chi connectivity index (χ0) is 9.84. The number of ether oxygens (including phenoxy) is 1. The maximum absolute atomic E-state index is 5.70. The Hall–Kier alpha value is -0.770. The molecular weight excluding hydrogens is 166 g/mol. The quantitative estimate of drug-likeness (QED) is 0.486. The summed E-state index contributed by atoms with van der Waals surface area (Å²) in [7, 11) is 0. The SMILES string of the molecule is CC(C)NC(N)=NC1CCOC1C. The molecule has 4 heteroatoms. The summed E-state index contributed by atoms with van der Waals surface area (Å²) < 4.78 is 5.38. The molecule has 0 aromatic carbocycles. The number of nitrogens with two attached hydrogens (primary N) is 1. The van der Waals surface area contributed by atoms with Gasteiger partial charge in [0, 0.05) is 12.6 Å². The Morgan fingerprint density at radius 1 is 1.62 bits per heavy atom. The van der Waals surface area contributed by atoms with E-state index < -0.39 is 0 Å². The highest BCUT2D eigenvalue weighted by Crippen LogP contribution is 2.15. The summed E-state index contributed by atoms with van der Waals surface area (Å²) in [6.45, 7) is 6.90. The monoisotopic (exact) mass is 185 g/mol. The summed E-state index contributed by atoms with van der Waals surface area (Å²) in [5, 5.41) is 3.06. The minimum atomic E-state index is 0.201. The van der Waals surface area contributed by atoms with Gasteiger partial charge in [-0.25, -0.2) is 4.99 Å². The van der Waals surface area contributed by atoms with Crippen LogP contribution in [0, 0.1) is 0 Å². The van der Waals surface area contributed by atoms with E-state index in [4.69, 9.17) is 10.5 Å². The van der Waals surface area contributed by atoms with Gasteiger partial charge < -0.3 is 15.8 Å². The van der Waals surface area contributed by atoms with Crippen LogP contribution in [0.25, 0.3) is 0 Å². The molecule has 1 fully saturated rings. The van der Waals surface area contributed by atoms with E-state index in [0.717, 1.165) is 13.0 Å². The van der Waals surface area contributed by atoms with Crippen molar-refractivity contribution >= 4 is 5.96 Å². The number of aliphatic imine (C=N–C) groups is 1. The summed E-state index contributed by atoms with van der Waals surface area (Å²) in [6.07, 6.45) is 1.18. The minimum Gasteiger partial charge on any atom is -0.376 e. The smallest absolute Gasteiger partial charge is 0.189 e. The van der Waals surface area contributed by atoms with Gasteiger partial charge in [0.05, 0.1) is 12.1 Å². The van der Waals surface area contributed by atoms with Crippen LogP contribution in [-0.4, -0.2) is 30.8 Å². The lowest BCUT2D eigenvalue weighted by atomic mass is 10.2. The van der Waals surface area contributed by atoms with Crippen molar-refractivity contribution in [3.05, 3.63) is 0 Å². The first-order valence-electron chi connectivity index (χ1n) is 4.81. The molecule has 4 nitrogen and oxygen atoms in total. The van der Waals surface area contributed by atoms with Crippen molar-refractivity contribution in [2.45, 2.75) is 45.4 Å². The third-order valence-electron chi connectivity index (χ3n) is 2.08. The Kier molecular flexibility index (Phi) is 3.54. The summed E-state index contributed by atoms with van der Waals surface area (Å²) in [5.74, 6) is 0.525. The van der Waals surface area contributed by atoms with Crippen molar-refractivity contribution in [3.8, 4) is 0 Å². The third-order valence-corrected chi connectivity index (χ3v) is 2.08. The molecular formula is C9H19N3O. The maximum atomic E-state index is 5.70. The number of guanidine groups is 1. The van der Waals surface area contributed by atoms with E-state index in [1.54, 1.807) is 0 Å². The lowest BCUT2D eigenvalue weighted by Crippen LogP contribution is -2.38. The Morgan fingerprint density at radius 3 is 2.77 bits per heavy atom. The zero-order valence-corrected chi connectivity index (χ0v) is 8.58. The number of hydrogen-bond donors (Lipinski definition) is 2. The molecule has 1 saturated heterocycles. The fraction of sp³-hybridized carbons (Fsp3) is 0.889. The highest BCUT2D eigenvalue weighted by molar-refractivity contribution is 5.78. The Bertz CT molecular complexity index is 191. The van der Waals surface area contributed by atoms with E-state index in [9.17, 15) is 0 Å². The van der Waals surface area contributed by atoms with Crippen LogP contribution in [0.1, 0.15) is 27.2 Å². The van der Waals surface area contributed by atoms with Crippen molar-refractivity contribution < 1.29 is 4.74 Å². The fourth-order valence-electron chi connectivity index (χ4n) is 1.40. The van der Waals surface area contributed by atoms with Crippen LogP contribution in [0.5, 0.6) is 0 Å². The van der Waals surface area contributed by atoms with Gasteiger partial charge >= 0.3 is 0 Å². The number of hydrogen-bond acceptors (Lipinski definition) is 2. The molecule has 13 heavy (non-hydrogen) atoms. The van der Waals surface area contributed by atoms with Gasteiger partial charge in [0.25, 0.3) is 0 Å². The minimum absolute atomic E-state index is 0.201. The molecule has 0 amide bonds. The van der Waals surface area contributed by atoms with Gasteiger partial charge in [0.2, 0.25) is 0 Å². The predicted molar refractivity (Wildman–Crippen MR) is 53.7 cm³/mol. The molecule has 0 aliphatic carbocycles. The van der Waals surface area contributed by atoms with Crippen LogP contribution in [-0.2, 0) is 4.74 Å². The number of nitrogens with zero attached hydrogens (tertiary/aromatic N) is 1. The van der Waals surface area contributed by atoms with Crippen molar-refractivity contribution in [2.24, 2.45) is 10.7 Å². The maximum Gasteiger partial charge on any atom is 0.189 e. The summed E-state index contributed by atoms with van der Waals surface area (Å²) in [4.78, 5) is 4.36. The van der Waals surface area contributed by atoms with Crippen LogP contribution < -0.4 is 11.1 Å². The van der Waals surface area contributed by atoms with Gasteiger partial charge in [0.15, 0.2) is 5.96 Å². The molecule has 1 aliphatic heterocycles. The lowest BCUT2D eigenvalue weighted by molar-refractivity contribution is 0.119. The molecule has 0 aromatic rings. The normalized spacial score (nSPS) is 29.7. The molecule has 1 aliphatic rings. The van der Waals surface area contributed by atoms with Gasteiger partial charge in [-0.2, -0.15) is 0 Å². The molecule has 1 rings (SSSR count). The second kappa shape index (κ2) is 4.46. The molecule has 0 saturated carbocycles. The van der Waals surface area contributed by atoms with Gasteiger partial charge in [0.1, 0.15) is 0 Å². The van der Waals surface area contributed by atoms with Gasteiger partial charge in [-0.3, -0.25) is 0 Å². The highest BCUT2D eigenvalue weighted by Gasteiger charge is 2.23. The third kappa shape index (κ3) is 3.22.